The fourth-order valence-corrected chi connectivity index (χ4v) is 4.74. The molecule has 0 unspecified atom stereocenters. The molecular formula is C28H31ClN4. The Labute approximate surface area is 201 Å². The summed E-state index contributed by atoms with van der Waals surface area (Å²) in [5, 5.41) is 14.8. The van der Waals surface area contributed by atoms with Gasteiger partial charge in [-0.3, -0.25) is 0 Å². The van der Waals surface area contributed by atoms with E-state index in [-0.39, 0.29) is 0 Å². The Morgan fingerprint density at radius 2 is 1.94 bits per heavy atom. The van der Waals surface area contributed by atoms with Crippen LogP contribution < -0.4 is 15.5 Å². The van der Waals surface area contributed by atoms with E-state index in [1.807, 2.05) is 38.2 Å². The first-order valence-corrected chi connectivity index (χ1v) is 11.8. The fourth-order valence-electron chi connectivity index (χ4n) is 4.39. The van der Waals surface area contributed by atoms with Crippen molar-refractivity contribution in [1.82, 2.24) is 5.32 Å². The Morgan fingerprint density at radius 3 is 2.58 bits per heavy atom. The zero-order chi connectivity index (χ0) is 23.4. The molecule has 3 N–H and O–H groups in total. The normalized spacial score (nSPS) is 16.9. The SMILES string of the molecule is C1CCNC1.C=C1C2=C(C=CN1c1ccc(NC)c(C=N)c1)CC(c1ccc(C)cc1Cl)=C2. The molecule has 0 radical (unpaired) electrons. The molecule has 5 rings (SSSR count). The topological polar surface area (TPSA) is 51.1 Å². The van der Waals surface area contributed by atoms with Gasteiger partial charge in [-0.2, -0.15) is 0 Å². The summed E-state index contributed by atoms with van der Waals surface area (Å²) in [6, 6.07) is 12.2. The number of benzene rings is 2. The van der Waals surface area contributed by atoms with Gasteiger partial charge in [-0.1, -0.05) is 30.3 Å². The number of nitrogens with one attached hydrogen (secondary N) is 3. The van der Waals surface area contributed by atoms with Gasteiger partial charge in [0.1, 0.15) is 0 Å². The predicted octanol–water partition coefficient (Wildman–Crippen LogP) is 6.69. The average molecular weight is 459 g/mol. The molecule has 2 aliphatic heterocycles. The molecule has 0 aromatic heterocycles. The van der Waals surface area contributed by atoms with Crippen molar-refractivity contribution in [2.24, 2.45) is 0 Å². The summed E-state index contributed by atoms with van der Waals surface area (Å²) >= 11 is 6.49. The molecule has 2 aromatic rings. The maximum absolute atomic E-state index is 7.67. The quantitative estimate of drug-likeness (QED) is 0.447. The number of hydrogen-bond acceptors (Lipinski definition) is 4. The van der Waals surface area contributed by atoms with E-state index in [0.29, 0.717) is 0 Å². The van der Waals surface area contributed by atoms with E-state index in [2.05, 4.69) is 52.6 Å². The Balaban J connectivity index is 0.000000459. The van der Waals surface area contributed by atoms with Gasteiger partial charge in [0.25, 0.3) is 0 Å². The second-order valence-electron chi connectivity index (χ2n) is 8.52. The van der Waals surface area contributed by atoms with Crippen LogP contribution in [0.2, 0.25) is 5.02 Å². The molecule has 5 heteroatoms. The monoisotopic (exact) mass is 458 g/mol. The lowest BCUT2D eigenvalue weighted by Crippen LogP contribution is -2.19. The van der Waals surface area contributed by atoms with Gasteiger partial charge in [0.15, 0.2) is 0 Å². The van der Waals surface area contributed by atoms with Crippen molar-refractivity contribution in [1.29, 1.82) is 5.41 Å². The van der Waals surface area contributed by atoms with Gasteiger partial charge in [-0.05, 0) is 98.0 Å². The first kappa shape index (κ1) is 23.1. The predicted molar refractivity (Wildman–Crippen MR) is 143 cm³/mol. The Hall–Kier alpha value is -3.08. The van der Waals surface area contributed by atoms with Crippen LogP contribution in [0.5, 0.6) is 0 Å². The van der Waals surface area contributed by atoms with Crippen molar-refractivity contribution in [3.8, 4) is 0 Å². The van der Waals surface area contributed by atoms with Gasteiger partial charge < -0.3 is 20.9 Å². The number of halogens is 1. The van der Waals surface area contributed by atoms with Gasteiger partial charge in [0.2, 0.25) is 0 Å². The lowest BCUT2D eigenvalue weighted by atomic mass is 10.0. The lowest BCUT2D eigenvalue weighted by Gasteiger charge is -2.27. The molecule has 170 valence electrons. The highest BCUT2D eigenvalue weighted by Crippen LogP contribution is 2.42. The number of nitrogens with zero attached hydrogens (tertiary/aromatic N) is 1. The van der Waals surface area contributed by atoms with E-state index >= 15 is 0 Å². The summed E-state index contributed by atoms with van der Waals surface area (Å²) in [5.41, 5.74) is 9.55. The van der Waals surface area contributed by atoms with Gasteiger partial charge in [-0.25, -0.2) is 0 Å². The summed E-state index contributed by atoms with van der Waals surface area (Å²) in [6.45, 7) is 8.89. The standard InChI is InChI=1S/C24H22ClN3.C4H9N/c1-15-4-6-21(23(25)10-15)18-11-17-8-9-28(16(2)22(17)13-18)20-5-7-24(27-3)19(12-20)14-26;1-2-4-5-3-1/h4-10,12-14,26-27H,2,11H2,1,3H3;5H,1-4H2. The highest BCUT2D eigenvalue weighted by molar-refractivity contribution is 6.32. The van der Waals surface area contributed by atoms with Crippen LogP contribution in [0.3, 0.4) is 0 Å². The summed E-state index contributed by atoms with van der Waals surface area (Å²) in [6.07, 6.45) is 11.4. The van der Waals surface area contributed by atoms with E-state index in [1.165, 1.54) is 43.3 Å². The summed E-state index contributed by atoms with van der Waals surface area (Å²) in [4.78, 5) is 2.07. The van der Waals surface area contributed by atoms with E-state index in [0.717, 1.165) is 50.8 Å². The minimum atomic E-state index is 0.788. The Kier molecular flexibility index (Phi) is 7.17. The summed E-state index contributed by atoms with van der Waals surface area (Å²) < 4.78 is 0. The average Bonchev–Trinajstić information content (AvgIpc) is 3.53. The van der Waals surface area contributed by atoms with E-state index < -0.39 is 0 Å². The Morgan fingerprint density at radius 1 is 1.15 bits per heavy atom. The van der Waals surface area contributed by atoms with Crippen molar-refractivity contribution >= 4 is 34.8 Å². The maximum Gasteiger partial charge on any atom is 0.0483 e. The molecule has 3 aliphatic rings. The molecule has 4 nitrogen and oxygen atoms in total. The van der Waals surface area contributed by atoms with Crippen LogP contribution in [-0.4, -0.2) is 26.4 Å². The molecule has 1 aliphatic carbocycles. The smallest absolute Gasteiger partial charge is 0.0483 e. The molecular weight excluding hydrogens is 428 g/mol. The third-order valence-corrected chi connectivity index (χ3v) is 6.55. The molecule has 1 saturated heterocycles. The first-order chi connectivity index (χ1) is 16.0. The number of anilines is 2. The second-order valence-corrected chi connectivity index (χ2v) is 8.93. The van der Waals surface area contributed by atoms with Gasteiger partial charge in [0.05, 0.1) is 0 Å². The van der Waals surface area contributed by atoms with Crippen LogP contribution >= 0.6 is 11.6 Å². The molecule has 2 heterocycles. The number of aryl methyl sites for hydroxylation is 1. The van der Waals surface area contributed by atoms with Crippen LogP contribution in [0.25, 0.3) is 5.57 Å². The third kappa shape index (κ3) is 4.97. The first-order valence-electron chi connectivity index (χ1n) is 11.4. The van der Waals surface area contributed by atoms with E-state index in [9.17, 15) is 0 Å². The van der Waals surface area contributed by atoms with Crippen molar-refractivity contribution in [3.05, 3.63) is 99.9 Å². The minimum absolute atomic E-state index is 0.788. The van der Waals surface area contributed by atoms with Gasteiger partial charge in [0, 0.05) is 52.7 Å². The van der Waals surface area contributed by atoms with Crippen molar-refractivity contribution in [3.63, 3.8) is 0 Å². The van der Waals surface area contributed by atoms with Crippen molar-refractivity contribution in [2.45, 2.75) is 26.2 Å². The molecule has 0 amide bonds. The van der Waals surface area contributed by atoms with Crippen LogP contribution in [0.4, 0.5) is 11.4 Å². The zero-order valence-corrected chi connectivity index (χ0v) is 20.1. The number of hydrogen-bond donors (Lipinski definition) is 3. The fraction of sp³-hybridized carbons (Fsp3) is 0.250. The Bertz CT molecular complexity index is 1160. The van der Waals surface area contributed by atoms with Crippen LogP contribution in [0.1, 0.15) is 36.0 Å². The highest BCUT2D eigenvalue weighted by Gasteiger charge is 2.25. The minimum Gasteiger partial charge on any atom is -0.388 e. The van der Waals surface area contributed by atoms with Gasteiger partial charge in [-0.15, -0.1) is 0 Å². The molecule has 33 heavy (non-hydrogen) atoms. The number of allylic oxidation sites excluding steroid dienone is 4. The molecule has 0 bridgehead atoms. The molecule has 0 saturated carbocycles. The highest BCUT2D eigenvalue weighted by atomic mass is 35.5. The molecule has 0 atom stereocenters. The molecule has 2 aromatic carbocycles. The van der Waals surface area contributed by atoms with Crippen LogP contribution in [-0.2, 0) is 0 Å². The largest absolute Gasteiger partial charge is 0.388 e. The summed E-state index contributed by atoms with van der Waals surface area (Å²) in [7, 11) is 1.86. The van der Waals surface area contributed by atoms with Gasteiger partial charge >= 0.3 is 0 Å². The van der Waals surface area contributed by atoms with Crippen molar-refractivity contribution < 1.29 is 0 Å². The zero-order valence-electron chi connectivity index (χ0n) is 19.3. The van der Waals surface area contributed by atoms with Crippen LogP contribution in [0, 0.1) is 12.3 Å². The number of rotatable bonds is 4. The molecule has 1 fully saturated rings. The summed E-state index contributed by atoms with van der Waals surface area (Å²) in [5.74, 6) is 0. The third-order valence-electron chi connectivity index (χ3n) is 6.24. The van der Waals surface area contributed by atoms with E-state index in [4.69, 9.17) is 17.0 Å². The second kappa shape index (κ2) is 10.2. The van der Waals surface area contributed by atoms with Crippen LogP contribution in [0.15, 0.2) is 78.2 Å². The van der Waals surface area contributed by atoms with Crippen molar-refractivity contribution in [2.75, 3.05) is 30.4 Å². The lowest BCUT2D eigenvalue weighted by molar-refractivity contribution is 0.857. The molecule has 0 spiro atoms. The van der Waals surface area contributed by atoms with E-state index in [1.54, 1.807) is 0 Å². The maximum atomic E-state index is 7.67.